The molecule has 0 radical (unpaired) electrons. The van der Waals surface area contributed by atoms with E-state index in [9.17, 15) is 4.79 Å². The van der Waals surface area contributed by atoms with Gasteiger partial charge in [0.05, 0.1) is 5.92 Å². The Morgan fingerprint density at radius 2 is 1.78 bits per heavy atom. The molecule has 0 aromatic heterocycles. The molecule has 5 atom stereocenters. The minimum Gasteiger partial charge on any atom is -0.459 e. The van der Waals surface area contributed by atoms with Crippen LogP contribution < -0.4 is 0 Å². The number of fused-ring (bicyclic) bond motifs is 2. The van der Waals surface area contributed by atoms with E-state index >= 15 is 0 Å². The number of hydrogen-bond acceptors (Lipinski definition) is 2. The molecule has 3 fully saturated rings. The molecule has 18 heavy (non-hydrogen) atoms. The monoisotopic (exact) mass is 250 g/mol. The molecule has 0 spiro atoms. The minimum absolute atomic E-state index is 0.116. The first-order valence-electron chi connectivity index (χ1n) is 7.73. The van der Waals surface area contributed by atoms with Crippen molar-refractivity contribution in [3.63, 3.8) is 0 Å². The maximum Gasteiger partial charge on any atom is 0.309 e. The molecule has 5 unspecified atom stereocenters. The van der Waals surface area contributed by atoms with Gasteiger partial charge in [-0.1, -0.05) is 13.8 Å². The predicted octanol–water partition coefficient (Wildman–Crippen LogP) is 3.79. The van der Waals surface area contributed by atoms with Gasteiger partial charge < -0.3 is 4.74 Å². The SMILES string of the molecule is CC1C2CC(C(=O)OC3(C)CCCC3)C(C2)C1C. The molecule has 0 N–H and O–H groups in total. The lowest BCUT2D eigenvalue weighted by Gasteiger charge is -2.33. The van der Waals surface area contributed by atoms with Crippen LogP contribution in [0.2, 0.25) is 0 Å². The molecule has 3 aliphatic carbocycles. The fraction of sp³-hybridized carbons (Fsp3) is 0.938. The van der Waals surface area contributed by atoms with Gasteiger partial charge in [-0.15, -0.1) is 0 Å². The van der Waals surface area contributed by atoms with Crippen molar-refractivity contribution in [2.75, 3.05) is 0 Å². The fourth-order valence-electron chi connectivity index (χ4n) is 4.76. The maximum atomic E-state index is 12.4. The minimum atomic E-state index is -0.145. The standard InChI is InChI=1S/C16H26O2/c1-10-11(2)13-8-12(10)9-14(13)15(17)18-16(3)6-4-5-7-16/h10-14H,4-9H2,1-3H3. The first kappa shape index (κ1) is 12.5. The molecular weight excluding hydrogens is 224 g/mol. The predicted molar refractivity (Wildman–Crippen MR) is 71.0 cm³/mol. The highest BCUT2D eigenvalue weighted by Gasteiger charge is 2.52. The van der Waals surface area contributed by atoms with Crippen molar-refractivity contribution < 1.29 is 9.53 Å². The number of carbonyl (C=O) groups is 1. The fourth-order valence-corrected chi connectivity index (χ4v) is 4.76. The van der Waals surface area contributed by atoms with Gasteiger partial charge in [-0.2, -0.15) is 0 Å². The van der Waals surface area contributed by atoms with Gasteiger partial charge in [-0.25, -0.2) is 0 Å². The van der Waals surface area contributed by atoms with E-state index in [0.29, 0.717) is 11.8 Å². The van der Waals surface area contributed by atoms with Gasteiger partial charge in [0, 0.05) is 0 Å². The van der Waals surface area contributed by atoms with Crippen molar-refractivity contribution in [2.24, 2.45) is 29.6 Å². The van der Waals surface area contributed by atoms with E-state index in [1.165, 1.54) is 19.3 Å². The molecule has 3 saturated carbocycles. The van der Waals surface area contributed by atoms with Gasteiger partial charge in [-0.05, 0) is 69.1 Å². The highest BCUT2D eigenvalue weighted by molar-refractivity contribution is 5.74. The number of hydrogen-bond donors (Lipinski definition) is 0. The summed E-state index contributed by atoms with van der Waals surface area (Å²) >= 11 is 0. The van der Waals surface area contributed by atoms with Crippen LogP contribution in [-0.2, 0) is 9.53 Å². The summed E-state index contributed by atoms with van der Waals surface area (Å²) in [6, 6.07) is 0. The maximum absolute atomic E-state index is 12.4. The van der Waals surface area contributed by atoms with Gasteiger partial charge in [0.15, 0.2) is 0 Å². The average Bonchev–Trinajstić information content (AvgIpc) is 2.98. The zero-order chi connectivity index (χ0) is 12.9. The van der Waals surface area contributed by atoms with Crippen molar-refractivity contribution >= 4 is 5.97 Å². The van der Waals surface area contributed by atoms with Crippen molar-refractivity contribution in [2.45, 2.75) is 64.9 Å². The topological polar surface area (TPSA) is 26.3 Å². The third kappa shape index (κ3) is 1.88. The third-order valence-electron chi connectivity index (χ3n) is 6.21. The first-order valence-corrected chi connectivity index (χ1v) is 7.73. The van der Waals surface area contributed by atoms with Gasteiger partial charge >= 0.3 is 5.97 Å². The second-order valence-corrected chi connectivity index (χ2v) is 7.30. The Balaban J connectivity index is 1.64. The van der Waals surface area contributed by atoms with Crippen LogP contribution in [0.5, 0.6) is 0 Å². The smallest absolute Gasteiger partial charge is 0.309 e. The zero-order valence-electron chi connectivity index (χ0n) is 11.9. The number of carbonyl (C=O) groups excluding carboxylic acids is 1. The Kier molecular flexibility index (Phi) is 2.95. The molecule has 0 aliphatic heterocycles. The summed E-state index contributed by atoms with van der Waals surface area (Å²) in [5, 5.41) is 0. The van der Waals surface area contributed by atoms with Gasteiger partial charge in [-0.3, -0.25) is 4.79 Å². The van der Waals surface area contributed by atoms with Gasteiger partial charge in [0.1, 0.15) is 5.60 Å². The first-order chi connectivity index (χ1) is 8.50. The lowest BCUT2D eigenvalue weighted by Crippen LogP contribution is -2.36. The molecule has 3 aliphatic rings. The normalized spacial score (nSPS) is 45.4. The van der Waals surface area contributed by atoms with Crippen LogP contribution in [0.15, 0.2) is 0 Å². The van der Waals surface area contributed by atoms with Crippen LogP contribution in [0.25, 0.3) is 0 Å². The van der Waals surface area contributed by atoms with Crippen LogP contribution in [0.1, 0.15) is 59.3 Å². The summed E-state index contributed by atoms with van der Waals surface area (Å²) in [4.78, 5) is 12.4. The van der Waals surface area contributed by atoms with E-state index < -0.39 is 0 Å². The highest BCUT2D eigenvalue weighted by atomic mass is 16.6. The molecule has 102 valence electrons. The summed E-state index contributed by atoms with van der Waals surface area (Å²) in [5.74, 6) is 3.21. The Hall–Kier alpha value is -0.530. The van der Waals surface area contributed by atoms with Gasteiger partial charge in [0.25, 0.3) is 0 Å². The van der Waals surface area contributed by atoms with Crippen molar-refractivity contribution in [1.29, 1.82) is 0 Å². The zero-order valence-corrected chi connectivity index (χ0v) is 11.9. The molecule has 0 heterocycles. The summed E-state index contributed by atoms with van der Waals surface area (Å²) in [7, 11) is 0. The van der Waals surface area contributed by atoms with E-state index in [2.05, 4.69) is 20.8 Å². The molecule has 2 bridgehead atoms. The molecular formula is C16H26O2. The van der Waals surface area contributed by atoms with Crippen LogP contribution in [0, 0.1) is 29.6 Å². The Labute approximate surface area is 110 Å². The second kappa shape index (κ2) is 4.25. The summed E-state index contributed by atoms with van der Waals surface area (Å²) < 4.78 is 5.88. The molecule has 0 aromatic rings. The van der Waals surface area contributed by atoms with Gasteiger partial charge in [0.2, 0.25) is 0 Å². The van der Waals surface area contributed by atoms with Crippen LogP contribution in [0.4, 0.5) is 0 Å². The summed E-state index contributed by atoms with van der Waals surface area (Å²) in [5.41, 5.74) is -0.145. The van der Waals surface area contributed by atoms with E-state index in [4.69, 9.17) is 4.74 Å². The van der Waals surface area contributed by atoms with E-state index in [1.54, 1.807) is 0 Å². The largest absolute Gasteiger partial charge is 0.459 e. The molecule has 2 heteroatoms. The van der Waals surface area contributed by atoms with E-state index in [1.807, 2.05) is 0 Å². The second-order valence-electron chi connectivity index (χ2n) is 7.30. The average molecular weight is 250 g/mol. The van der Waals surface area contributed by atoms with E-state index in [-0.39, 0.29) is 17.5 Å². The molecule has 0 aromatic carbocycles. The van der Waals surface area contributed by atoms with Crippen LogP contribution in [0.3, 0.4) is 0 Å². The van der Waals surface area contributed by atoms with Crippen LogP contribution >= 0.6 is 0 Å². The number of rotatable bonds is 2. The molecule has 2 nitrogen and oxygen atoms in total. The lowest BCUT2D eigenvalue weighted by molar-refractivity contribution is -0.165. The summed E-state index contributed by atoms with van der Waals surface area (Å²) in [6.45, 7) is 6.80. The Bertz CT molecular complexity index is 341. The van der Waals surface area contributed by atoms with Crippen LogP contribution in [-0.4, -0.2) is 11.6 Å². The highest BCUT2D eigenvalue weighted by Crippen LogP contribution is 2.55. The molecule has 3 rings (SSSR count). The lowest BCUT2D eigenvalue weighted by atomic mass is 9.76. The summed E-state index contributed by atoms with van der Waals surface area (Å²) in [6.07, 6.45) is 6.91. The number of esters is 1. The Morgan fingerprint density at radius 3 is 2.33 bits per heavy atom. The van der Waals surface area contributed by atoms with Crippen molar-refractivity contribution in [3.8, 4) is 0 Å². The van der Waals surface area contributed by atoms with E-state index in [0.717, 1.165) is 31.1 Å². The quantitative estimate of drug-likeness (QED) is 0.697. The van der Waals surface area contributed by atoms with Crippen molar-refractivity contribution in [3.05, 3.63) is 0 Å². The Morgan fingerprint density at radius 1 is 1.11 bits per heavy atom. The molecule has 0 amide bonds. The number of ether oxygens (including phenoxy) is 1. The molecule has 0 saturated heterocycles. The third-order valence-corrected chi connectivity index (χ3v) is 6.21. The van der Waals surface area contributed by atoms with Crippen molar-refractivity contribution in [1.82, 2.24) is 0 Å².